The van der Waals surface area contributed by atoms with Crippen molar-refractivity contribution in [2.75, 3.05) is 7.11 Å². The Kier molecular flexibility index (Phi) is 3.43. The number of carboxylic acids is 1. The first-order valence-electron chi connectivity index (χ1n) is 5.53. The van der Waals surface area contributed by atoms with E-state index < -0.39 is 11.9 Å². The zero-order valence-corrected chi connectivity index (χ0v) is 10.9. The summed E-state index contributed by atoms with van der Waals surface area (Å²) < 4.78 is 5.14. The minimum absolute atomic E-state index is 0.532. The molecule has 0 aliphatic heterocycles. The molecule has 4 heteroatoms. The lowest BCUT2D eigenvalue weighted by Crippen LogP contribution is -2.07. The van der Waals surface area contributed by atoms with Gasteiger partial charge in [-0.15, -0.1) is 0 Å². The normalized spacial score (nSPS) is 12.4. The van der Waals surface area contributed by atoms with E-state index in [9.17, 15) is 4.79 Å². The van der Waals surface area contributed by atoms with Gasteiger partial charge in [-0.25, -0.2) is 0 Å². The lowest BCUT2D eigenvalue weighted by molar-refractivity contribution is -0.138. The summed E-state index contributed by atoms with van der Waals surface area (Å²) in [5.74, 6) is -0.757. The van der Waals surface area contributed by atoms with E-state index in [1.807, 2.05) is 18.2 Å². The molecule has 1 N–H and O–H groups in total. The van der Waals surface area contributed by atoms with Gasteiger partial charge in [-0.2, -0.15) is 0 Å². The van der Waals surface area contributed by atoms with Crippen LogP contribution in [0.2, 0.25) is 5.02 Å². The van der Waals surface area contributed by atoms with E-state index in [0.29, 0.717) is 10.8 Å². The minimum Gasteiger partial charge on any atom is -0.495 e. The third-order valence-electron chi connectivity index (χ3n) is 3.03. The Morgan fingerprint density at radius 3 is 2.67 bits per heavy atom. The molecule has 0 aliphatic carbocycles. The molecule has 94 valence electrons. The number of aliphatic carboxylic acids is 1. The Bertz CT molecular complexity index is 607. The summed E-state index contributed by atoms with van der Waals surface area (Å²) >= 11 is 6.19. The van der Waals surface area contributed by atoms with Crippen molar-refractivity contribution in [1.82, 2.24) is 0 Å². The summed E-state index contributed by atoms with van der Waals surface area (Å²) in [7, 11) is 1.56. The molecule has 0 radical (unpaired) electrons. The predicted octanol–water partition coefficient (Wildman–Crippen LogP) is 3.69. The van der Waals surface area contributed by atoms with Crippen molar-refractivity contribution >= 4 is 28.3 Å². The molecule has 0 saturated carbocycles. The van der Waals surface area contributed by atoms with Crippen LogP contribution in [0.4, 0.5) is 0 Å². The molecule has 1 unspecified atom stereocenters. The second-order valence-electron chi connectivity index (χ2n) is 4.12. The molecule has 18 heavy (non-hydrogen) atoms. The summed E-state index contributed by atoms with van der Waals surface area (Å²) in [5.41, 5.74) is 0.760. The summed E-state index contributed by atoms with van der Waals surface area (Å²) in [6, 6.07) is 9.11. The quantitative estimate of drug-likeness (QED) is 0.920. The number of hydrogen-bond donors (Lipinski definition) is 1. The van der Waals surface area contributed by atoms with E-state index in [-0.39, 0.29) is 0 Å². The van der Waals surface area contributed by atoms with E-state index >= 15 is 0 Å². The Labute approximate surface area is 110 Å². The molecule has 0 bridgehead atoms. The lowest BCUT2D eigenvalue weighted by Gasteiger charge is -2.10. The van der Waals surface area contributed by atoms with Crippen molar-refractivity contribution in [3.63, 3.8) is 0 Å². The van der Waals surface area contributed by atoms with Gasteiger partial charge in [0.15, 0.2) is 0 Å². The Morgan fingerprint density at radius 2 is 2.06 bits per heavy atom. The van der Waals surface area contributed by atoms with Gasteiger partial charge in [0, 0.05) is 5.39 Å². The number of rotatable bonds is 3. The highest BCUT2D eigenvalue weighted by atomic mass is 35.5. The molecule has 2 aromatic rings. The smallest absolute Gasteiger partial charge is 0.310 e. The van der Waals surface area contributed by atoms with Gasteiger partial charge in [-0.1, -0.05) is 35.9 Å². The number of hydrogen-bond acceptors (Lipinski definition) is 2. The van der Waals surface area contributed by atoms with Crippen LogP contribution < -0.4 is 4.74 Å². The van der Waals surface area contributed by atoms with E-state index in [2.05, 4.69) is 0 Å². The molecule has 0 aromatic heterocycles. The summed E-state index contributed by atoms with van der Waals surface area (Å²) in [6.07, 6.45) is 0. The van der Waals surface area contributed by atoms with Crippen molar-refractivity contribution in [2.45, 2.75) is 12.8 Å². The van der Waals surface area contributed by atoms with E-state index in [0.717, 1.165) is 16.3 Å². The highest BCUT2D eigenvalue weighted by molar-refractivity contribution is 6.37. The number of benzene rings is 2. The molecule has 0 spiro atoms. The SMILES string of the molecule is COc1ccc2cc(C(C)C(=O)O)ccc2c1Cl. The molecule has 0 aliphatic rings. The molecule has 0 fully saturated rings. The van der Waals surface area contributed by atoms with E-state index in [4.69, 9.17) is 21.4 Å². The highest BCUT2D eigenvalue weighted by Gasteiger charge is 2.14. The molecule has 0 saturated heterocycles. The average Bonchev–Trinajstić information content (AvgIpc) is 2.37. The second-order valence-corrected chi connectivity index (χ2v) is 4.50. The van der Waals surface area contributed by atoms with Crippen LogP contribution >= 0.6 is 11.6 Å². The van der Waals surface area contributed by atoms with Gasteiger partial charge in [-0.05, 0) is 23.9 Å². The number of halogens is 1. The van der Waals surface area contributed by atoms with Crippen LogP contribution in [0.3, 0.4) is 0 Å². The number of carboxylic acid groups (broad SMARTS) is 1. The van der Waals surface area contributed by atoms with Gasteiger partial charge >= 0.3 is 5.97 Å². The maximum Gasteiger partial charge on any atom is 0.310 e. The molecule has 3 nitrogen and oxygen atoms in total. The fourth-order valence-corrected chi connectivity index (χ4v) is 2.17. The maximum absolute atomic E-state index is 11.0. The average molecular weight is 265 g/mol. The number of ether oxygens (including phenoxy) is 1. The predicted molar refractivity (Wildman–Crippen MR) is 71.6 cm³/mol. The third kappa shape index (κ3) is 2.14. The summed E-state index contributed by atoms with van der Waals surface area (Å²) in [5, 5.41) is 11.3. The van der Waals surface area contributed by atoms with Crippen molar-refractivity contribution in [3.8, 4) is 5.75 Å². The van der Waals surface area contributed by atoms with Gasteiger partial charge in [0.25, 0.3) is 0 Å². The molecular weight excluding hydrogens is 252 g/mol. The lowest BCUT2D eigenvalue weighted by atomic mass is 9.98. The van der Waals surface area contributed by atoms with Crippen molar-refractivity contribution in [2.24, 2.45) is 0 Å². The summed E-state index contributed by atoms with van der Waals surface area (Å²) in [6.45, 7) is 1.66. The molecule has 0 heterocycles. The Hall–Kier alpha value is -1.74. The first-order valence-corrected chi connectivity index (χ1v) is 5.91. The van der Waals surface area contributed by atoms with Gasteiger partial charge in [0.1, 0.15) is 5.75 Å². The standard InChI is InChI=1S/C14H13ClO3/c1-8(14(16)17)9-3-5-11-10(7-9)4-6-12(18-2)13(11)15/h3-8H,1-2H3,(H,16,17). The van der Waals surface area contributed by atoms with Gasteiger partial charge < -0.3 is 9.84 Å². The van der Waals surface area contributed by atoms with Crippen molar-refractivity contribution < 1.29 is 14.6 Å². The van der Waals surface area contributed by atoms with Gasteiger partial charge in [0.2, 0.25) is 0 Å². The summed E-state index contributed by atoms with van der Waals surface area (Å²) in [4.78, 5) is 11.0. The number of carbonyl (C=O) groups is 1. The first-order chi connectivity index (χ1) is 8.54. The van der Waals surface area contributed by atoms with Crippen LogP contribution in [0.15, 0.2) is 30.3 Å². The Balaban J connectivity index is 2.57. The zero-order chi connectivity index (χ0) is 13.3. The van der Waals surface area contributed by atoms with Crippen LogP contribution in [-0.4, -0.2) is 18.2 Å². The van der Waals surface area contributed by atoms with Crippen LogP contribution in [0.25, 0.3) is 10.8 Å². The van der Waals surface area contributed by atoms with Crippen LogP contribution in [0, 0.1) is 0 Å². The molecule has 2 rings (SSSR count). The Morgan fingerprint density at radius 1 is 1.33 bits per heavy atom. The fourth-order valence-electron chi connectivity index (χ4n) is 1.86. The topological polar surface area (TPSA) is 46.5 Å². The monoisotopic (exact) mass is 264 g/mol. The second kappa shape index (κ2) is 4.86. The molecule has 2 aromatic carbocycles. The maximum atomic E-state index is 11.0. The van der Waals surface area contributed by atoms with Gasteiger partial charge in [-0.3, -0.25) is 4.79 Å². The van der Waals surface area contributed by atoms with E-state index in [1.54, 1.807) is 26.2 Å². The van der Waals surface area contributed by atoms with Crippen molar-refractivity contribution in [1.29, 1.82) is 0 Å². The van der Waals surface area contributed by atoms with Crippen LogP contribution in [0.5, 0.6) is 5.75 Å². The van der Waals surface area contributed by atoms with E-state index in [1.165, 1.54) is 0 Å². The third-order valence-corrected chi connectivity index (χ3v) is 3.42. The largest absolute Gasteiger partial charge is 0.495 e. The number of fused-ring (bicyclic) bond motifs is 1. The number of methoxy groups -OCH3 is 1. The van der Waals surface area contributed by atoms with Crippen LogP contribution in [0.1, 0.15) is 18.4 Å². The first kappa shape index (κ1) is 12.7. The fraction of sp³-hybridized carbons (Fsp3) is 0.214. The molecular formula is C14H13ClO3. The highest BCUT2D eigenvalue weighted by Crippen LogP contribution is 2.33. The molecule has 1 atom stereocenters. The zero-order valence-electron chi connectivity index (χ0n) is 10.1. The van der Waals surface area contributed by atoms with Crippen LogP contribution in [-0.2, 0) is 4.79 Å². The molecule has 0 amide bonds. The van der Waals surface area contributed by atoms with Gasteiger partial charge in [0.05, 0.1) is 18.1 Å². The minimum atomic E-state index is -0.839. The van der Waals surface area contributed by atoms with Crippen molar-refractivity contribution in [3.05, 3.63) is 40.9 Å².